The highest BCUT2D eigenvalue weighted by Crippen LogP contribution is 2.29. The first kappa shape index (κ1) is 12.7. The molecule has 2 nitrogen and oxygen atoms in total. The summed E-state index contributed by atoms with van der Waals surface area (Å²) >= 11 is 0. The molecule has 1 aliphatic heterocycles. The number of ether oxygens (including phenoxy) is 1. The third-order valence-corrected chi connectivity index (χ3v) is 3.41. The van der Waals surface area contributed by atoms with E-state index in [9.17, 15) is 4.79 Å². The smallest absolute Gasteiger partial charge is 0.185 e. The van der Waals surface area contributed by atoms with Gasteiger partial charge in [-0.15, -0.1) is 0 Å². The van der Waals surface area contributed by atoms with Gasteiger partial charge in [-0.3, -0.25) is 4.79 Å². The van der Waals surface area contributed by atoms with Crippen LogP contribution in [0.1, 0.15) is 28.4 Å². The Labute approximate surface area is 118 Å². The first-order valence-electron chi connectivity index (χ1n) is 6.79. The molecule has 0 aliphatic carbocycles. The van der Waals surface area contributed by atoms with E-state index in [2.05, 4.69) is 0 Å². The predicted octanol–water partition coefficient (Wildman–Crippen LogP) is 3.91. The monoisotopic (exact) mass is 264 g/mol. The van der Waals surface area contributed by atoms with E-state index in [0.29, 0.717) is 5.56 Å². The van der Waals surface area contributed by atoms with Crippen LogP contribution in [0.3, 0.4) is 0 Å². The van der Waals surface area contributed by atoms with Crippen LogP contribution in [0.2, 0.25) is 0 Å². The maximum atomic E-state index is 12.2. The van der Waals surface area contributed by atoms with Gasteiger partial charge in [-0.2, -0.15) is 0 Å². The zero-order chi connectivity index (χ0) is 13.9. The van der Waals surface area contributed by atoms with E-state index in [4.69, 9.17) is 4.74 Å². The molecule has 1 aliphatic rings. The van der Waals surface area contributed by atoms with Crippen LogP contribution in [0.5, 0.6) is 5.75 Å². The van der Waals surface area contributed by atoms with Crippen LogP contribution in [-0.4, -0.2) is 11.9 Å². The van der Waals surface area contributed by atoms with Crippen molar-refractivity contribution in [1.29, 1.82) is 0 Å². The molecule has 0 fully saturated rings. The molecular formula is C18H16O2. The van der Waals surface area contributed by atoms with E-state index in [1.54, 1.807) is 6.08 Å². The molecule has 0 N–H and O–H groups in total. The molecule has 1 heterocycles. The number of rotatable bonds is 3. The molecule has 0 radical (unpaired) electrons. The average Bonchev–Trinajstić information content (AvgIpc) is 2.85. The van der Waals surface area contributed by atoms with Crippen molar-refractivity contribution in [2.45, 2.75) is 19.4 Å². The van der Waals surface area contributed by atoms with E-state index in [0.717, 1.165) is 23.3 Å². The Kier molecular flexibility index (Phi) is 3.38. The van der Waals surface area contributed by atoms with Crippen molar-refractivity contribution in [2.24, 2.45) is 0 Å². The minimum absolute atomic E-state index is 0.0243. The summed E-state index contributed by atoms with van der Waals surface area (Å²) in [4.78, 5) is 12.2. The van der Waals surface area contributed by atoms with Crippen molar-refractivity contribution in [2.75, 3.05) is 0 Å². The molecule has 100 valence electrons. The summed E-state index contributed by atoms with van der Waals surface area (Å²) in [5.74, 6) is 0.928. The minimum atomic E-state index is 0.0243. The zero-order valence-electron chi connectivity index (χ0n) is 11.4. The molecule has 0 amide bonds. The Balaban J connectivity index is 1.78. The van der Waals surface area contributed by atoms with Crippen LogP contribution in [0, 0.1) is 0 Å². The van der Waals surface area contributed by atoms with Crippen molar-refractivity contribution >= 4 is 11.9 Å². The van der Waals surface area contributed by atoms with Gasteiger partial charge in [0.05, 0.1) is 0 Å². The molecule has 2 aromatic rings. The number of carbonyl (C=O) groups is 1. The average molecular weight is 264 g/mol. The lowest BCUT2D eigenvalue weighted by molar-refractivity contribution is 0.104. The molecule has 0 unspecified atom stereocenters. The van der Waals surface area contributed by atoms with Crippen molar-refractivity contribution in [3.63, 3.8) is 0 Å². The highest BCUT2D eigenvalue weighted by Gasteiger charge is 2.19. The normalized spacial score (nSPS) is 16.9. The number of allylic oxidation sites excluding steroid dienone is 1. The molecule has 0 spiro atoms. The van der Waals surface area contributed by atoms with Gasteiger partial charge >= 0.3 is 0 Å². The SMILES string of the molecule is C[C@H]1Cc2cc(C(=O)C=Cc3ccccc3)ccc2O1. The molecule has 2 heteroatoms. The van der Waals surface area contributed by atoms with Crippen molar-refractivity contribution in [1.82, 2.24) is 0 Å². The van der Waals surface area contributed by atoms with E-state index in [1.165, 1.54) is 0 Å². The highest BCUT2D eigenvalue weighted by molar-refractivity contribution is 6.07. The summed E-state index contributed by atoms with van der Waals surface area (Å²) in [5.41, 5.74) is 2.86. The first-order valence-corrected chi connectivity index (χ1v) is 6.79. The number of ketones is 1. The number of benzene rings is 2. The van der Waals surface area contributed by atoms with Gasteiger partial charge in [-0.05, 0) is 42.3 Å². The van der Waals surface area contributed by atoms with Crippen LogP contribution in [0.25, 0.3) is 6.08 Å². The minimum Gasteiger partial charge on any atom is -0.490 e. The lowest BCUT2D eigenvalue weighted by Gasteiger charge is -2.02. The summed E-state index contributed by atoms with van der Waals surface area (Å²) in [6.45, 7) is 2.04. The second-order valence-corrected chi connectivity index (χ2v) is 5.06. The van der Waals surface area contributed by atoms with E-state index < -0.39 is 0 Å². The molecule has 2 aromatic carbocycles. The van der Waals surface area contributed by atoms with Gasteiger partial charge in [0.2, 0.25) is 0 Å². The number of hydrogen-bond acceptors (Lipinski definition) is 2. The Hall–Kier alpha value is -2.35. The fourth-order valence-corrected chi connectivity index (χ4v) is 2.41. The van der Waals surface area contributed by atoms with Crippen LogP contribution in [-0.2, 0) is 6.42 Å². The van der Waals surface area contributed by atoms with Crippen molar-refractivity contribution < 1.29 is 9.53 Å². The maximum absolute atomic E-state index is 12.2. The molecule has 0 saturated heterocycles. The fourth-order valence-electron chi connectivity index (χ4n) is 2.41. The molecule has 1 atom stereocenters. The van der Waals surface area contributed by atoms with Gasteiger partial charge in [0.1, 0.15) is 11.9 Å². The number of hydrogen-bond donors (Lipinski definition) is 0. The Morgan fingerprint density at radius 2 is 2.00 bits per heavy atom. The lowest BCUT2D eigenvalue weighted by atomic mass is 10.0. The summed E-state index contributed by atoms with van der Waals surface area (Å²) in [5, 5.41) is 0. The van der Waals surface area contributed by atoms with Crippen molar-refractivity contribution in [3.05, 3.63) is 71.3 Å². The molecule has 20 heavy (non-hydrogen) atoms. The third-order valence-electron chi connectivity index (χ3n) is 3.41. The summed E-state index contributed by atoms with van der Waals surface area (Å²) in [6, 6.07) is 15.5. The molecule has 0 aromatic heterocycles. The van der Waals surface area contributed by atoms with Crippen molar-refractivity contribution in [3.8, 4) is 5.75 Å². The zero-order valence-corrected chi connectivity index (χ0v) is 11.4. The van der Waals surface area contributed by atoms with E-state index in [1.807, 2.05) is 61.5 Å². The quantitative estimate of drug-likeness (QED) is 0.620. The number of fused-ring (bicyclic) bond motifs is 1. The molecule has 0 bridgehead atoms. The number of carbonyl (C=O) groups excluding carboxylic acids is 1. The third kappa shape index (κ3) is 2.64. The molecule has 0 saturated carbocycles. The maximum Gasteiger partial charge on any atom is 0.185 e. The Bertz CT molecular complexity index is 656. The summed E-state index contributed by atoms with van der Waals surface area (Å²) in [7, 11) is 0. The van der Waals surface area contributed by atoms with Gasteiger partial charge in [0.15, 0.2) is 5.78 Å². The predicted molar refractivity (Wildman–Crippen MR) is 80.0 cm³/mol. The standard InChI is InChI=1S/C18H16O2/c1-13-11-16-12-15(8-10-18(16)20-13)17(19)9-7-14-5-3-2-4-6-14/h2-10,12-13H,11H2,1H3/t13-/m0/s1. The highest BCUT2D eigenvalue weighted by atomic mass is 16.5. The summed E-state index contributed by atoms with van der Waals surface area (Å²) in [6.07, 6.45) is 4.54. The van der Waals surface area contributed by atoms with E-state index in [-0.39, 0.29) is 11.9 Å². The van der Waals surface area contributed by atoms with Gasteiger partial charge < -0.3 is 4.74 Å². The lowest BCUT2D eigenvalue weighted by Crippen LogP contribution is -2.05. The van der Waals surface area contributed by atoms with Gasteiger partial charge in [0, 0.05) is 12.0 Å². The van der Waals surface area contributed by atoms with Crippen LogP contribution in [0.15, 0.2) is 54.6 Å². The fraction of sp³-hybridized carbons (Fsp3) is 0.167. The van der Waals surface area contributed by atoms with Gasteiger partial charge in [-0.25, -0.2) is 0 Å². The largest absolute Gasteiger partial charge is 0.490 e. The van der Waals surface area contributed by atoms with Crippen LogP contribution >= 0.6 is 0 Å². The molecular weight excluding hydrogens is 248 g/mol. The van der Waals surface area contributed by atoms with E-state index >= 15 is 0 Å². The Morgan fingerprint density at radius 1 is 1.20 bits per heavy atom. The summed E-state index contributed by atoms with van der Waals surface area (Å²) < 4.78 is 5.64. The topological polar surface area (TPSA) is 26.3 Å². The second kappa shape index (κ2) is 5.33. The second-order valence-electron chi connectivity index (χ2n) is 5.06. The van der Waals surface area contributed by atoms with Crippen LogP contribution < -0.4 is 4.74 Å². The molecule has 3 rings (SSSR count). The van der Waals surface area contributed by atoms with Crippen LogP contribution in [0.4, 0.5) is 0 Å². The first-order chi connectivity index (χ1) is 9.72. The Morgan fingerprint density at radius 3 is 2.80 bits per heavy atom. The van der Waals surface area contributed by atoms with Gasteiger partial charge in [-0.1, -0.05) is 36.4 Å². The van der Waals surface area contributed by atoms with Gasteiger partial charge in [0.25, 0.3) is 0 Å².